The van der Waals surface area contributed by atoms with Crippen LogP contribution in [0.4, 0.5) is 0 Å². The van der Waals surface area contributed by atoms with E-state index < -0.39 is 11.9 Å². The second-order valence-electron chi connectivity index (χ2n) is 2.90. The Morgan fingerprint density at radius 2 is 2.00 bits per heavy atom. The standard InChI is InChI=1S/C11H16O4/c1-2-3-4-5-6-9-15-11(14)8-7-10(12)13/h2,4-5H,1,3,6-9H2,(H,12,13)/b5-4+. The van der Waals surface area contributed by atoms with Gasteiger partial charge in [-0.15, -0.1) is 6.58 Å². The fourth-order valence-corrected chi connectivity index (χ4v) is 0.832. The van der Waals surface area contributed by atoms with E-state index in [1.807, 2.05) is 12.2 Å². The minimum Gasteiger partial charge on any atom is -0.481 e. The van der Waals surface area contributed by atoms with Crippen LogP contribution < -0.4 is 0 Å². The maximum Gasteiger partial charge on any atom is 0.306 e. The third kappa shape index (κ3) is 10.3. The Morgan fingerprint density at radius 1 is 1.27 bits per heavy atom. The van der Waals surface area contributed by atoms with Gasteiger partial charge in [-0.2, -0.15) is 0 Å². The first kappa shape index (κ1) is 13.4. The second-order valence-corrected chi connectivity index (χ2v) is 2.90. The van der Waals surface area contributed by atoms with Crippen LogP contribution in [0.2, 0.25) is 0 Å². The van der Waals surface area contributed by atoms with Crippen molar-refractivity contribution in [1.29, 1.82) is 0 Å². The molecule has 0 heterocycles. The SMILES string of the molecule is C=CC/C=C/CCOC(=O)CCC(=O)O. The minimum absolute atomic E-state index is 0.0638. The Morgan fingerprint density at radius 3 is 2.60 bits per heavy atom. The summed E-state index contributed by atoms with van der Waals surface area (Å²) < 4.78 is 4.79. The van der Waals surface area contributed by atoms with Gasteiger partial charge in [0.2, 0.25) is 0 Å². The molecule has 1 N–H and O–H groups in total. The monoisotopic (exact) mass is 212 g/mol. The average molecular weight is 212 g/mol. The number of aliphatic carboxylic acids is 1. The highest BCUT2D eigenvalue weighted by Gasteiger charge is 2.05. The molecule has 0 saturated carbocycles. The summed E-state index contributed by atoms with van der Waals surface area (Å²) in [4.78, 5) is 21.0. The molecule has 0 fully saturated rings. The van der Waals surface area contributed by atoms with Gasteiger partial charge in [-0.1, -0.05) is 18.2 Å². The van der Waals surface area contributed by atoms with E-state index in [0.717, 1.165) is 6.42 Å². The molecule has 0 aliphatic carbocycles. The molecular weight excluding hydrogens is 196 g/mol. The van der Waals surface area contributed by atoms with Crippen LogP contribution in [0.5, 0.6) is 0 Å². The highest BCUT2D eigenvalue weighted by Crippen LogP contribution is 1.95. The zero-order valence-corrected chi connectivity index (χ0v) is 8.65. The molecule has 0 bridgehead atoms. The number of rotatable bonds is 8. The number of esters is 1. The molecule has 0 rings (SSSR count). The van der Waals surface area contributed by atoms with Gasteiger partial charge in [0.1, 0.15) is 0 Å². The lowest BCUT2D eigenvalue weighted by Gasteiger charge is -2.00. The van der Waals surface area contributed by atoms with Gasteiger partial charge < -0.3 is 9.84 Å². The lowest BCUT2D eigenvalue weighted by atomic mass is 10.3. The number of ether oxygens (including phenoxy) is 1. The molecule has 0 saturated heterocycles. The van der Waals surface area contributed by atoms with Crippen molar-refractivity contribution in [1.82, 2.24) is 0 Å². The van der Waals surface area contributed by atoms with Gasteiger partial charge >= 0.3 is 11.9 Å². The quantitative estimate of drug-likeness (QED) is 0.379. The molecule has 0 unspecified atom stereocenters. The predicted molar refractivity (Wildman–Crippen MR) is 56.4 cm³/mol. The van der Waals surface area contributed by atoms with Gasteiger partial charge in [0, 0.05) is 0 Å². The molecule has 84 valence electrons. The third-order valence-corrected chi connectivity index (χ3v) is 1.56. The van der Waals surface area contributed by atoms with Crippen LogP contribution in [-0.2, 0) is 14.3 Å². The number of carboxylic acid groups (broad SMARTS) is 1. The summed E-state index contributed by atoms with van der Waals surface area (Å²) in [5.41, 5.74) is 0. The van der Waals surface area contributed by atoms with E-state index in [4.69, 9.17) is 9.84 Å². The third-order valence-electron chi connectivity index (χ3n) is 1.56. The first-order chi connectivity index (χ1) is 7.16. The summed E-state index contributed by atoms with van der Waals surface area (Å²) >= 11 is 0. The Hall–Kier alpha value is -1.58. The van der Waals surface area contributed by atoms with Crippen molar-refractivity contribution >= 4 is 11.9 Å². The molecule has 0 radical (unpaired) electrons. The molecule has 4 nitrogen and oxygen atoms in total. The molecule has 4 heteroatoms. The van der Waals surface area contributed by atoms with E-state index in [-0.39, 0.29) is 12.8 Å². The molecule has 0 aliphatic heterocycles. The number of hydrogen-bond acceptors (Lipinski definition) is 3. The Kier molecular flexibility index (Phi) is 8.05. The number of hydrogen-bond donors (Lipinski definition) is 1. The molecular formula is C11H16O4. The lowest BCUT2D eigenvalue weighted by Crippen LogP contribution is -2.07. The average Bonchev–Trinajstić information content (AvgIpc) is 2.20. The van der Waals surface area contributed by atoms with Crippen LogP contribution in [0, 0.1) is 0 Å². The van der Waals surface area contributed by atoms with Crippen LogP contribution in [-0.4, -0.2) is 23.7 Å². The van der Waals surface area contributed by atoms with Crippen LogP contribution in [0.15, 0.2) is 24.8 Å². The van der Waals surface area contributed by atoms with Crippen molar-refractivity contribution in [3.8, 4) is 0 Å². The lowest BCUT2D eigenvalue weighted by molar-refractivity contribution is -0.147. The number of allylic oxidation sites excluding steroid dienone is 2. The van der Waals surface area contributed by atoms with Crippen molar-refractivity contribution in [3.63, 3.8) is 0 Å². The Labute approximate surface area is 89.2 Å². The molecule has 0 aromatic carbocycles. The maximum atomic E-state index is 10.9. The highest BCUT2D eigenvalue weighted by atomic mass is 16.5. The van der Waals surface area contributed by atoms with E-state index in [9.17, 15) is 9.59 Å². The first-order valence-corrected chi connectivity index (χ1v) is 4.80. The fraction of sp³-hybridized carbons (Fsp3) is 0.455. The van der Waals surface area contributed by atoms with Crippen molar-refractivity contribution < 1.29 is 19.4 Å². The predicted octanol–water partition coefficient (Wildman–Crippen LogP) is 1.92. The summed E-state index contributed by atoms with van der Waals surface area (Å²) in [5.74, 6) is -1.45. The fourth-order valence-electron chi connectivity index (χ4n) is 0.832. The zero-order chi connectivity index (χ0) is 11.5. The molecule has 0 amide bonds. The summed E-state index contributed by atoms with van der Waals surface area (Å²) in [6.07, 6.45) is 6.80. The highest BCUT2D eigenvalue weighted by molar-refractivity contribution is 5.76. The summed E-state index contributed by atoms with van der Waals surface area (Å²) in [7, 11) is 0. The molecule has 0 atom stereocenters. The van der Waals surface area contributed by atoms with Gasteiger partial charge in [0.25, 0.3) is 0 Å². The molecule has 0 aliphatic rings. The van der Waals surface area contributed by atoms with Gasteiger partial charge in [0.05, 0.1) is 19.4 Å². The largest absolute Gasteiger partial charge is 0.481 e. The minimum atomic E-state index is -0.988. The maximum absolute atomic E-state index is 10.9. The second kappa shape index (κ2) is 8.99. The molecule has 0 aromatic rings. The van der Waals surface area contributed by atoms with Crippen LogP contribution in [0.25, 0.3) is 0 Å². The summed E-state index contributed by atoms with van der Waals surface area (Å²) in [6.45, 7) is 3.85. The topological polar surface area (TPSA) is 63.6 Å². The molecule has 0 spiro atoms. The van der Waals surface area contributed by atoms with E-state index in [1.165, 1.54) is 0 Å². The first-order valence-electron chi connectivity index (χ1n) is 4.80. The Bertz CT molecular complexity index is 243. The van der Waals surface area contributed by atoms with Crippen LogP contribution >= 0.6 is 0 Å². The van der Waals surface area contributed by atoms with E-state index in [0.29, 0.717) is 13.0 Å². The number of carbonyl (C=O) groups is 2. The normalized spacial score (nSPS) is 10.1. The molecule has 15 heavy (non-hydrogen) atoms. The van der Waals surface area contributed by atoms with E-state index in [1.54, 1.807) is 6.08 Å². The van der Waals surface area contributed by atoms with Gasteiger partial charge in [-0.05, 0) is 12.8 Å². The smallest absolute Gasteiger partial charge is 0.306 e. The van der Waals surface area contributed by atoms with E-state index >= 15 is 0 Å². The van der Waals surface area contributed by atoms with Crippen LogP contribution in [0.1, 0.15) is 25.7 Å². The van der Waals surface area contributed by atoms with Crippen molar-refractivity contribution in [2.75, 3.05) is 6.61 Å². The summed E-state index contributed by atoms with van der Waals surface area (Å²) in [6, 6.07) is 0. The Balaban J connectivity index is 3.38. The van der Waals surface area contributed by atoms with E-state index in [2.05, 4.69) is 6.58 Å². The zero-order valence-electron chi connectivity index (χ0n) is 8.65. The van der Waals surface area contributed by atoms with Crippen LogP contribution in [0.3, 0.4) is 0 Å². The van der Waals surface area contributed by atoms with Gasteiger partial charge in [-0.3, -0.25) is 9.59 Å². The molecule has 0 aromatic heterocycles. The summed E-state index contributed by atoms with van der Waals surface area (Å²) in [5, 5.41) is 8.30. The number of carbonyl (C=O) groups excluding carboxylic acids is 1. The van der Waals surface area contributed by atoms with Gasteiger partial charge in [-0.25, -0.2) is 0 Å². The number of carboxylic acids is 1. The van der Waals surface area contributed by atoms with Crippen molar-refractivity contribution in [3.05, 3.63) is 24.8 Å². The van der Waals surface area contributed by atoms with Gasteiger partial charge in [0.15, 0.2) is 0 Å². The van der Waals surface area contributed by atoms with Crippen molar-refractivity contribution in [2.24, 2.45) is 0 Å². The van der Waals surface area contributed by atoms with Crippen molar-refractivity contribution in [2.45, 2.75) is 25.7 Å².